The summed E-state index contributed by atoms with van der Waals surface area (Å²) < 4.78 is 0. The van der Waals surface area contributed by atoms with E-state index >= 15 is 0 Å². The smallest absolute Gasteiger partial charge is 0.267 e. The van der Waals surface area contributed by atoms with Gasteiger partial charge in [-0.25, -0.2) is 10.9 Å². The van der Waals surface area contributed by atoms with Crippen molar-refractivity contribution in [1.82, 2.24) is 20.8 Å². The number of nitrogens with one attached hydrogen (secondary N) is 2. The number of amides is 2. The van der Waals surface area contributed by atoms with Crippen LogP contribution in [0.1, 0.15) is 92.4 Å². The van der Waals surface area contributed by atoms with Crippen molar-refractivity contribution in [2.24, 2.45) is 44.7 Å². The molecule has 2 heterocycles. The van der Waals surface area contributed by atoms with Crippen molar-refractivity contribution in [3.63, 3.8) is 0 Å². The van der Waals surface area contributed by atoms with Crippen LogP contribution in [-0.2, 0) is 0 Å². The first-order valence-corrected chi connectivity index (χ1v) is 14.4. The molecule has 0 aromatic carbocycles. The van der Waals surface area contributed by atoms with Gasteiger partial charge in [0.2, 0.25) is 0 Å². The Labute approximate surface area is 230 Å². The van der Waals surface area contributed by atoms with Crippen LogP contribution < -0.4 is 10.9 Å². The minimum Gasteiger partial charge on any atom is -0.267 e. The predicted octanol–water partition coefficient (Wildman–Crippen LogP) is 5.39. The van der Waals surface area contributed by atoms with E-state index < -0.39 is 0 Å². The van der Waals surface area contributed by atoms with Gasteiger partial charge in [-0.05, 0) is 111 Å². The van der Waals surface area contributed by atoms with Gasteiger partial charge < -0.3 is 0 Å². The molecule has 0 saturated heterocycles. The molecule has 0 radical (unpaired) electrons. The second-order valence-electron chi connectivity index (χ2n) is 12.4. The van der Waals surface area contributed by atoms with Crippen LogP contribution in [0.4, 0.5) is 0 Å². The minimum atomic E-state index is -0.177. The van der Waals surface area contributed by atoms with E-state index in [9.17, 15) is 9.59 Å². The molecule has 2 aromatic rings. The summed E-state index contributed by atoms with van der Waals surface area (Å²) in [5, 5.41) is 9.26. The Hall–Kier alpha value is -3.42. The summed E-state index contributed by atoms with van der Waals surface area (Å²) in [5.74, 6) is 2.31. The van der Waals surface area contributed by atoms with Gasteiger partial charge in [-0.1, -0.05) is 13.8 Å². The molecule has 4 aliphatic carbocycles. The normalized spacial score (nSPS) is 35.5. The van der Waals surface area contributed by atoms with E-state index in [0.29, 0.717) is 40.2 Å². The fraction of sp³-hybridized carbons (Fsp3) is 0.548. The van der Waals surface area contributed by atoms with Crippen molar-refractivity contribution in [3.05, 3.63) is 60.2 Å². The van der Waals surface area contributed by atoms with Crippen LogP contribution >= 0.6 is 0 Å². The number of aromatic nitrogens is 2. The molecule has 39 heavy (non-hydrogen) atoms. The molecule has 8 nitrogen and oxygen atoms in total. The zero-order valence-corrected chi connectivity index (χ0v) is 22.9. The van der Waals surface area contributed by atoms with Gasteiger partial charge in [0.05, 0.1) is 0 Å². The molecule has 6 rings (SSSR count). The van der Waals surface area contributed by atoms with E-state index in [-0.39, 0.29) is 17.2 Å². The summed E-state index contributed by atoms with van der Waals surface area (Å²) >= 11 is 0. The van der Waals surface area contributed by atoms with Gasteiger partial charge in [0.15, 0.2) is 0 Å². The number of pyridine rings is 2. The number of nitrogens with zero attached hydrogens (tertiary/aromatic N) is 4. The van der Waals surface area contributed by atoms with Crippen molar-refractivity contribution in [2.75, 3.05) is 0 Å². The monoisotopic (exact) mass is 526 g/mol. The van der Waals surface area contributed by atoms with E-state index in [4.69, 9.17) is 5.10 Å². The van der Waals surface area contributed by atoms with Gasteiger partial charge in [-0.15, -0.1) is 0 Å². The van der Waals surface area contributed by atoms with Crippen molar-refractivity contribution in [1.29, 1.82) is 0 Å². The number of hydrazone groups is 2. The molecular formula is C31H38N6O2. The van der Waals surface area contributed by atoms with E-state index in [1.807, 2.05) is 0 Å². The Balaban J connectivity index is 1.12. The molecular weight excluding hydrogens is 488 g/mol. The highest BCUT2D eigenvalue weighted by molar-refractivity contribution is 5.97. The van der Waals surface area contributed by atoms with Crippen molar-refractivity contribution >= 4 is 23.2 Å². The second kappa shape index (κ2) is 10.3. The molecule has 4 saturated carbocycles. The van der Waals surface area contributed by atoms with E-state index in [1.165, 1.54) is 25.0 Å². The third kappa shape index (κ3) is 4.68. The van der Waals surface area contributed by atoms with Gasteiger partial charge in [0.1, 0.15) is 0 Å². The van der Waals surface area contributed by atoms with Crippen molar-refractivity contribution in [3.8, 4) is 0 Å². The second-order valence-corrected chi connectivity index (χ2v) is 12.4. The van der Waals surface area contributed by atoms with Crippen LogP contribution in [0, 0.1) is 34.5 Å². The summed E-state index contributed by atoms with van der Waals surface area (Å²) in [6, 6.07) is 6.85. The molecule has 0 spiro atoms. The molecule has 6 atom stereocenters. The minimum absolute atomic E-state index is 0.0639. The highest BCUT2D eigenvalue weighted by Gasteiger charge is 2.59. The first kappa shape index (κ1) is 25.8. The summed E-state index contributed by atoms with van der Waals surface area (Å²) in [7, 11) is 0. The fourth-order valence-corrected chi connectivity index (χ4v) is 8.52. The molecule has 0 bridgehead atoms. The molecule has 8 heteroatoms. The Morgan fingerprint density at radius 3 is 2.10 bits per heavy atom. The summed E-state index contributed by atoms with van der Waals surface area (Å²) in [6.45, 7) is 4.92. The fourth-order valence-electron chi connectivity index (χ4n) is 8.52. The third-order valence-corrected chi connectivity index (χ3v) is 10.7. The number of hydrogen-bond acceptors (Lipinski definition) is 6. The number of rotatable bonds is 4. The average molecular weight is 527 g/mol. The molecule has 2 amide bonds. The zero-order chi connectivity index (χ0) is 27.0. The first-order valence-electron chi connectivity index (χ1n) is 14.4. The molecule has 2 aromatic heterocycles. The van der Waals surface area contributed by atoms with Crippen LogP contribution in [0.3, 0.4) is 0 Å². The van der Waals surface area contributed by atoms with Gasteiger partial charge in [0.25, 0.3) is 11.8 Å². The summed E-state index contributed by atoms with van der Waals surface area (Å²) in [6.07, 6.45) is 16.5. The lowest BCUT2D eigenvalue weighted by Crippen LogP contribution is -2.53. The number of carbonyl (C=O) groups excluding carboxylic acids is 2. The average Bonchev–Trinajstić information content (AvgIpc) is 3.31. The quantitative estimate of drug-likeness (QED) is 0.521. The molecule has 0 aliphatic heterocycles. The maximum Gasteiger partial charge on any atom is 0.271 e. The SMILES string of the molecule is C[C@]12CCC(=NNC(=O)c3ccncc3)C[C@@H]1CC[C@@H]1[C@H]2CC[C@@]2(C)C(=NNC(=O)c3ccncc3)CC[C@H]12. The highest BCUT2D eigenvalue weighted by atomic mass is 16.2. The molecule has 4 fully saturated rings. The first-order chi connectivity index (χ1) is 18.9. The summed E-state index contributed by atoms with van der Waals surface area (Å²) in [4.78, 5) is 33.0. The third-order valence-electron chi connectivity index (χ3n) is 10.7. The van der Waals surface area contributed by atoms with Crippen molar-refractivity contribution < 1.29 is 9.59 Å². The van der Waals surface area contributed by atoms with Crippen LogP contribution in [0.2, 0.25) is 0 Å². The Kier molecular flexibility index (Phi) is 6.81. The number of carbonyl (C=O) groups is 2. The molecule has 204 valence electrons. The van der Waals surface area contributed by atoms with Crippen LogP contribution in [0.15, 0.2) is 59.3 Å². The lowest BCUT2D eigenvalue weighted by molar-refractivity contribution is -0.0815. The topological polar surface area (TPSA) is 109 Å². The van der Waals surface area contributed by atoms with E-state index in [1.54, 1.807) is 49.1 Å². The Morgan fingerprint density at radius 1 is 0.795 bits per heavy atom. The van der Waals surface area contributed by atoms with Gasteiger partial charge in [-0.2, -0.15) is 10.2 Å². The van der Waals surface area contributed by atoms with Crippen molar-refractivity contribution in [2.45, 2.75) is 71.6 Å². The van der Waals surface area contributed by atoms with Gasteiger partial charge >= 0.3 is 0 Å². The number of hydrogen-bond donors (Lipinski definition) is 2. The maximum absolute atomic E-state index is 12.6. The van der Waals surface area contributed by atoms with Gasteiger partial charge in [-0.3, -0.25) is 19.6 Å². The van der Waals surface area contributed by atoms with Gasteiger partial charge in [0, 0.05) is 52.8 Å². The lowest BCUT2D eigenvalue weighted by atomic mass is 9.45. The largest absolute Gasteiger partial charge is 0.271 e. The van der Waals surface area contributed by atoms with Crippen LogP contribution in [-0.4, -0.2) is 33.2 Å². The molecule has 2 N–H and O–H groups in total. The maximum atomic E-state index is 12.6. The van der Waals surface area contributed by atoms with Crippen LogP contribution in [0.5, 0.6) is 0 Å². The van der Waals surface area contributed by atoms with E-state index in [0.717, 1.165) is 44.2 Å². The standard InChI is InChI=1S/C31H38N6O2/c1-30-13-7-23(34-36-28(38)20-9-15-32-16-10-20)19-22(30)3-4-24-25-5-6-27(31(25,2)14-8-26(24)30)35-37-29(39)21-11-17-33-18-12-21/h9-12,15-18,22,24-26H,3-8,13-14,19H2,1-2H3,(H,36,38)(H,37,39)/t22-,24-,25+,26+,30-,31+/m0/s1. The number of fused-ring (bicyclic) bond motifs is 5. The molecule has 4 aliphatic rings. The Bertz CT molecular complexity index is 1290. The lowest BCUT2D eigenvalue weighted by Gasteiger charge is -2.59. The summed E-state index contributed by atoms with van der Waals surface area (Å²) in [5.41, 5.74) is 9.45. The van der Waals surface area contributed by atoms with E-state index in [2.05, 4.69) is 39.8 Å². The Morgan fingerprint density at radius 2 is 1.44 bits per heavy atom. The molecule has 0 unspecified atom stereocenters. The van der Waals surface area contributed by atoms with Crippen LogP contribution in [0.25, 0.3) is 0 Å². The predicted molar refractivity (Wildman–Crippen MR) is 150 cm³/mol. The highest BCUT2D eigenvalue weighted by Crippen LogP contribution is 2.65. The zero-order valence-electron chi connectivity index (χ0n) is 22.9.